The molecule has 1 N–H and O–H groups in total. The molecule has 6 nitrogen and oxygen atoms in total. The van der Waals surface area contributed by atoms with Gasteiger partial charge in [0.1, 0.15) is 0 Å². The molecule has 0 spiro atoms. The Labute approximate surface area is 180 Å². The van der Waals surface area contributed by atoms with Gasteiger partial charge in [0.2, 0.25) is 0 Å². The zero-order valence-corrected chi connectivity index (χ0v) is 19.0. The van der Waals surface area contributed by atoms with E-state index >= 15 is 0 Å². The summed E-state index contributed by atoms with van der Waals surface area (Å²) in [7, 11) is 0. The van der Waals surface area contributed by atoms with Crippen molar-refractivity contribution in [2.24, 2.45) is 5.41 Å². The Balaban J connectivity index is 3.76. The van der Waals surface area contributed by atoms with Crippen LogP contribution in [0.25, 0.3) is 0 Å². The summed E-state index contributed by atoms with van der Waals surface area (Å²) in [6.07, 6.45) is 3.08. The van der Waals surface area contributed by atoms with Crippen LogP contribution in [0.1, 0.15) is 82.9 Å². The molecule has 1 atom stereocenters. The number of hydrogen-bond donors (Lipinski definition) is 1. The Kier molecular flexibility index (Phi) is 10.6. The largest absolute Gasteiger partial charge is 0.481 e. The van der Waals surface area contributed by atoms with Gasteiger partial charge in [-0.25, -0.2) is 0 Å². The lowest BCUT2D eigenvalue weighted by Crippen LogP contribution is -2.48. The number of carboxylic acids is 1. The predicted octanol–water partition coefficient (Wildman–Crippen LogP) is 4.67. The minimum atomic E-state index is -1.92. The SMILES string of the molecule is CCCCC(c1ccc(CC)c(CC)c1)C(CC(=O)O)(C(=O)OCC)C(=O)OCC. The third-order valence-electron chi connectivity index (χ3n) is 5.55. The highest BCUT2D eigenvalue weighted by atomic mass is 16.6. The number of unbranched alkanes of at least 4 members (excludes halogenated alkanes) is 1. The molecule has 0 aromatic heterocycles. The van der Waals surface area contributed by atoms with E-state index in [-0.39, 0.29) is 13.2 Å². The average molecular weight is 421 g/mol. The summed E-state index contributed by atoms with van der Waals surface area (Å²) in [4.78, 5) is 38.2. The third-order valence-corrected chi connectivity index (χ3v) is 5.55. The Hall–Kier alpha value is -2.37. The smallest absolute Gasteiger partial charge is 0.324 e. The van der Waals surface area contributed by atoms with Crippen LogP contribution < -0.4 is 0 Å². The van der Waals surface area contributed by atoms with E-state index in [1.807, 2.05) is 25.1 Å². The molecule has 0 bridgehead atoms. The summed E-state index contributed by atoms with van der Waals surface area (Å²) in [6.45, 7) is 9.53. The van der Waals surface area contributed by atoms with Crippen LogP contribution in [0.15, 0.2) is 18.2 Å². The van der Waals surface area contributed by atoms with Crippen LogP contribution >= 0.6 is 0 Å². The lowest BCUT2D eigenvalue weighted by Gasteiger charge is -2.36. The maximum Gasteiger partial charge on any atom is 0.324 e. The van der Waals surface area contributed by atoms with Gasteiger partial charge in [-0.05, 0) is 49.8 Å². The normalized spacial score (nSPS) is 12.3. The zero-order valence-electron chi connectivity index (χ0n) is 19.0. The molecule has 0 amide bonds. The third kappa shape index (κ3) is 5.83. The van der Waals surface area contributed by atoms with E-state index in [1.54, 1.807) is 13.8 Å². The molecule has 0 aliphatic carbocycles. The van der Waals surface area contributed by atoms with Crippen molar-refractivity contribution < 1.29 is 29.0 Å². The van der Waals surface area contributed by atoms with Crippen LogP contribution in [-0.2, 0) is 36.7 Å². The molecule has 1 rings (SSSR count). The maximum absolute atomic E-state index is 13.2. The molecule has 1 aromatic rings. The molecule has 1 unspecified atom stereocenters. The highest BCUT2D eigenvalue weighted by Gasteiger charge is 2.56. The van der Waals surface area contributed by atoms with Gasteiger partial charge in [0.25, 0.3) is 0 Å². The summed E-state index contributed by atoms with van der Waals surface area (Å²) in [5.74, 6) is -3.55. The van der Waals surface area contributed by atoms with Crippen molar-refractivity contribution in [3.63, 3.8) is 0 Å². The molecular formula is C24H36O6. The molecule has 0 aliphatic rings. The van der Waals surface area contributed by atoms with Crippen LogP contribution in [0, 0.1) is 5.41 Å². The first kappa shape index (κ1) is 25.7. The number of carbonyl (C=O) groups excluding carboxylic acids is 2. The number of aryl methyl sites for hydroxylation is 2. The Morgan fingerprint density at radius 3 is 1.93 bits per heavy atom. The van der Waals surface area contributed by atoms with Gasteiger partial charge in [-0.2, -0.15) is 0 Å². The number of aliphatic carboxylic acids is 1. The second-order valence-corrected chi connectivity index (χ2v) is 7.41. The second-order valence-electron chi connectivity index (χ2n) is 7.41. The van der Waals surface area contributed by atoms with Gasteiger partial charge in [0.15, 0.2) is 5.41 Å². The fraction of sp³-hybridized carbons (Fsp3) is 0.625. The summed E-state index contributed by atoms with van der Waals surface area (Å²) < 4.78 is 10.5. The molecule has 0 aliphatic heterocycles. The molecule has 30 heavy (non-hydrogen) atoms. The number of esters is 2. The number of hydrogen-bond acceptors (Lipinski definition) is 5. The fourth-order valence-corrected chi connectivity index (χ4v) is 4.04. The molecule has 1 aromatic carbocycles. The first-order valence-corrected chi connectivity index (χ1v) is 11.0. The van der Waals surface area contributed by atoms with Gasteiger partial charge in [-0.15, -0.1) is 0 Å². The maximum atomic E-state index is 13.2. The lowest BCUT2D eigenvalue weighted by molar-refractivity contribution is -0.178. The van der Waals surface area contributed by atoms with E-state index in [0.29, 0.717) is 6.42 Å². The summed E-state index contributed by atoms with van der Waals surface area (Å²) >= 11 is 0. The van der Waals surface area contributed by atoms with E-state index < -0.39 is 35.7 Å². The first-order chi connectivity index (χ1) is 14.3. The molecule has 0 saturated carbocycles. The van der Waals surface area contributed by atoms with Crippen LogP contribution in [-0.4, -0.2) is 36.2 Å². The Bertz CT molecular complexity index is 706. The van der Waals surface area contributed by atoms with Crippen molar-refractivity contribution in [1.82, 2.24) is 0 Å². The molecule has 0 saturated heterocycles. The van der Waals surface area contributed by atoms with Crippen molar-refractivity contribution in [2.45, 2.75) is 79.1 Å². The molecular weight excluding hydrogens is 384 g/mol. The minimum Gasteiger partial charge on any atom is -0.481 e. The van der Waals surface area contributed by atoms with E-state index in [0.717, 1.165) is 36.8 Å². The number of ether oxygens (including phenoxy) is 2. The van der Waals surface area contributed by atoms with Crippen molar-refractivity contribution in [1.29, 1.82) is 0 Å². The van der Waals surface area contributed by atoms with Gasteiger partial charge >= 0.3 is 17.9 Å². The van der Waals surface area contributed by atoms with Crippen LogP contribution in [0.5, 0.6) is 0 Å². The first-order valence-electron chi connectivity index (χ1n) is 11.0. The number of rotatable bonds is 13. The fourth-order valence-electron chi connectivity index (χ4n) is 4.04. The number of carboxylic acid groups (broad SMARTS) is 1. The number of carbonyl (C=O) groups is 3. The van der Waals surface area contributed by atoms with Gasteiger partial charge in [-0.3, -0.25) is 14.4 Å². The highest BCUT2D eigenvalue weighted by Crippen LogP contribution is 2.45. The van der Waals surface area contributed by atoms with E-state index in [2.05, 4.69) is 13.8 Å². The second kappa shape index (κ2) is 12.4. The highest BCUT2D eigenvalue weighted by molar-refractivity contribution is 6.04. The molecule has 6 heteroatoms. The van der Waals surface area contributed by atoms with Crippen LogP contribution in [0.2, 0.25) is 0 Å². The zero-order chi connectivity index (χ0) is 22.7. The molecule has 0 radical (unpaired) electrons. The minimum absolute atomic E-state index is 0.0507. The van der Waals surface area contributed by atoms with E-state index in [1.165, 1.54) is 5.56 Å². The quantitative estimate of drug-likeness (QED) is 0.368. The van der Waals surface area contributed by atoms with Crippen molar-refractivity contribution in [3.8, 4) is 0 Å². The van der Waals surface area contributed by atoms with Crippen LogP contribution in [0.4, 0.5) is 0 Å². The summed E-state index contributed by atoms with van der Waals surface area (Å²) in [6, 6.07) is 5.93. The Morgan fingerprint density at radius 2 is 1.50 bits per heavy atom. The van der Waals surface area contributed by atoms with Crippen molar-refractivity contribution >= 4 is 17.9 Å². The molecule has 0 heterocycles. The Morgan fingerprint density at radius 1 is 0.933 bits per heavy atom. The van der Waals surface area contributed by atoms with Crippen LogP contribution in [0.3, 0.4) is 0 Å². The van der Waals surface area contributed by atoms with Gasteiger partial charge < -0.3 is 14.6 Å². The van der Waals surface area contributed by atoms with Gasteiger partial charge in [0.05, 0.1) is 19.6 Å². The average Bonchev–Trinajstić information content (AvgIpc) is 2.72. The standard InChI is InChI=1S/C24H36O6/c1-6-11-12-20(19-14-13-17(7-2)18(8-3)15-19)24(16-21(25)26,22(27)29-9-4)23(28)30-10-5/h13-15,20H,6-12,16H2,1-5H3,(H,25,26). The summed E-state index contributed by atoms with van der Waals surface area (Å²) in [5, 5.41) is 9.67. The predicted molar refractivity (Wildman–Crippen MR) is 115 cm³/mol. The van der Waals surface area contributed by atoms with Crippen molar-refractivity contribution in [3.05, 3.63) is 34.9 Å². The van der Waals surface area contributed by atoms with Crippen molar-refractivity contribution in [2.75, 3.05) is 13.2 Å². The van der Waals surface area contributed by atoms with E-state index in [9.17, 15) is 19.5 Å². The summed E-state index contributed by atoms with van der Waals surface area (Å²) in [5.41, 5.74) is 1.19. The van der Waals surface area contributed by atoms with Gasteiger partial charge in [-0.1, -0.05) is 51.8 Å². The molecule has 168 valence electrons. The topological polar surface area (TPSA) is 89.9 Å². The monoisotopic (exact) mass is 420 g/mol. The van der Waals surface area contributed by atoms with E-state index in [4.69, 9.17) is 9.47 Å². The number of benzene rings is 1. The molecule has 0 fully saturated rings. The lowest BCUT2D eigenvalue weighted by atomic mass is 9.67. The van der Waals surface area contributed by atoms with Gasteiger partial charge in [0, 0.05) is 5.92 Å².